The predicted octanol–water partition coefficient (Wildman–Crippen LogP) is 1.79. The van der Waals surface area contributed by atoms with Crippen LogP contribution in [0.5, 0.6) is 0 Å². The maximum atomic E-state index is 11.4. The Labute approximate surface area is 183 Å². The number of ether oxygens (including phenoxy) is 1. The zero-order valence-electron chi connectivity index (χ0n) is 17.7. The van der Waals surface area contributed by atoms with Crippen molar-refractivity contribution >= 4 is 28.9 Å². The van der Waals surface area contributed by atoms with Crippen LogP contribution in [0.15, 0.2) is 0 Å². The van der Waals surface area contributed by atoms with Gasteiger partial charge in [0.2, 0.25) is 0 Å². The molecule has 0 atom stereocenters. The molecule has 0 amide bonds. The second-order valence-electron chi connectivity index (χ2n) is 6.72. The first-order valence-corrected chi connectivity index (χ1v) is 13.5. The molecular formula is C13H26F6N2O8S2Si. The molecule has 1 fully saturated rings. The van der Waals surface area contributed by atoms with Gasteiger partial charge in [0.05, 0.1) is 26.8 Å². The van der Waals surface area contributed by atoms with E-state index in [0.29, 0.717) is 0 Å². The van der Waals surface area contributed by atoms with E-state index in [1.54, 1.807) is 21.3 Å². The third kappa shape index (κ3) is 9.37. The van der Waals surface area contributed by atoms with E-state index >= 15 is 0 Å². The molecular weight excluding hydrogens is 518 g/mol. The Morgan fingerprint density at radius 2 is 1.25 bits per heavy atom. The lowest BCUT2D eigenvalue weighted by Gasteiger charge is -2.38. The van der Waals surface area contributed by atoms with Crippen molar-refractivity contribution in [1.29, 1.82) is 0 Å². The number of alkyl halides is 6. The van der Waals surface area contributed by atoms with Crippen molar-refractivity contribution in [3.63, 3.8) is 0 Å². The Morgan fingerprint density at radius 1 is 0.875 bits per heavy atom. The van der Waals surface area contributed by atoms with Gasteiger partial charge in [0.15, 0.2) is 20.0 Å². The van der Waals surface area contributed by atoms with E-state index in [1.807, 2.05) is 0 Å². The minimum atomic E-state index is -6.72. The van der Waals surface area contributed by atoms with Crippen molar-refractivity contribution < 1.29 is 65.7 Å². The minimum absolute atomic E-state index is 0.778. The van der Waals surface area contributed by atoms with Crippen LogP contribution in [0.2, 0.25) is 6.04 Å². The van der Waals surface area contributed by atoms with E-state index in [0.717, 1.165) is 53.9 Å². The molecule has 194 valence electrons. The molecule has 1 saturated heterocycles. The molecule has 0 aliphatic carbocycles. The Balaban J connectivity index is 0.000000607. The molecule has 1 rings (SSSR count). The first kappa shape index (κ1) is 31.5. The van der Waals surface area contributed by atoms with Gasteiger partial charge >= 0.3 is 19.8 Å². The summed E-state index contributed by atoms with van der Waals surface area (Å²) in [5.74, 6) is 0. The number of likely N-dealkylation sites (N-methyl/N-ethyl adjacent to an activating group) is 1. The Bertz CT molecular complexity index is 731. The smallest absolute Gasteiger partial charge is 0.421 e. The SMILES string of the molecule is CO[Si](CCC[N+]1(C)CCOCC1)(OC)OC.O=S(=O)([N-]S(=O)(=O)C(F)(F)F)C(F)(F)F. The Morgan fingerprint density at radius 3 is 1.56 bits per heavy atom. The van der Waals surface area contributed by atoms with E-state index < -0.39 is 39.9 Å². The highest BCUT2D eigenvalue weighted by molar-refractivity contribution is 8.13. The second kappa shape index (κ2) is 11.7. The molecule has 0 bridgehead atoms. The summed E-state index contributed by atoms with van der Waals surface area (Å²) in [5.41, 5.74) is -12.4. The second-order valence-corrected chi connectivity index (χ2v) is 13.2. The lowest BCUT2D eigenvalue weighted by Crippen LogP contribution is -2.53. The average molecular weight is 545 g/mol. The number of nitrogens with zero attached hydrogens (tertiary/aromatic N) is 2. The van der Waals surface area contributed by atoms with Crippen molar-refractivity contribution in [2.45, 2.75) is 23.5 Å². The van der Waals surface area contributed by atoms with Crippen LogP contribution in [0.1, 0.15) is 6.42 Å². The monoisotopic (exact) mass is 544 g/mol. The predicted molar refractivity (Wildman–Crippen MR) is 101 cm³/mol. The van der Waals surface area contributed by atoms with Crippen molar-refractivity contribution in [2.24, 2.45) is 0 Å². The molecule has 0 aromatic heterocycles. The topological polar surface area (TPSA) is 119 Å². The number of sulfonamides is 2. The standard InChI is InChI=1S/C11H26NO4Si.C2F6NO4S2/c1-12(7-9-16-10-8-12)6-5-11-17(13-2,14-3)15-4;3-1(4,5)14(10,11)9-15(12,13)2(6,7)8/h5-11H2,1-4H3;/q+1;-1. The van der Waals surface area contributed by atoms with Gasteiger partial charge in [-0.2, -0.15) is 26.3 Å². The third-order valence-corrected chi connectivity index (χ3v) is 10.0. The average Bonchev–Trinajstić information content (AvgIpc) is 2.64. The summed E-state index contributed by atoms with van der Waals surface area (Å²) >= 11 is 0. The largest absolute Gasteiger partial charge is 0.500 e. The van der Waals surface area contributed by atoms with Crippen LogP contribution >= 0.6 is 0 Å². The maximum Gasteiger partial charge on any atom is 0.500 e. The summed E-state index contributed by atoms with van der Waals surface area (Å²) in [5, 5.41) is 0. The fourth-order valence-corrected chi connectivity index (χ4v) is 5.87. The first-order valence-electron chi connectivity index (χ1n) is 8.74. The third-order valence-electron chi connectivity index (χ3n) is 4.45. The molecule has 19 heteroatoms. The quantitative estimate of drug-likeness (QED) is 0.245. The molecule has 0 radical (unpaired) electrons. The number of quaternary nitrogens is 1. The van der Waals surface area contributed by atoms with Crippen LogP contribution in [0.3, 0.4) is 0 Å². The molecule has 10 nitrogen and oxygen atoms in total. The molecule has 0 saturated carbocycles. The number of halogens is 6. The molecule has 1 heterocycles. The molecule has 0 aromatic rings. The Kier molecular flexibility index (Phi) is 11.5. The lowest BCUT2D eigenvalue weighted by molar-refractivity contribution is -0.916. The number of hydrogen-bond acceptors (Lipinski definition) is 8. The fourth-order valence-electron chi connectivity index (χ4n) is 2.45. The van der Waals surface area contributed by atoms with E-state index in [4.69, 9.17) is 18.0 Å². The summed E-state index contributed by atoms with van der Waals surface area (Å²) in [7, 11) is -8.52. The van der Waals surface area contributed by atoms with Gasteiger partial charge in [-0.15, -0.1) is 0 Å². The highest BCUT2D eigenvalue weighted by atomic mass is 32.3. The molecule has 0 aromatic carbocycles. The Hall–Kier alpha value is -0.543. The summed E-state index contributed by atoms with van der Waals surface area (Å²) in [6.45, 7) is 5.08. The van der Waals surface area contributed by atoms with Gasteiger partial charge in [0.1, 0.15) is 13.1 Å². The van der Waals surface area contributed by atoms with Gasteiger partial charge in [-0.1, -0.05) is 0 Å². The van der Waals surface area contributed by atoms with Crippen LogP contribution in [-0.4, -0.2) is 102 Å². The highest BCUT2D eigenvalue weighted by Crippen LogP contribution is 2.36. The van der Waals surface area contributed by atoms with Crippen LogP contribution in [0, 0.1) is 0 Å². The first-order chi connectivity index (χ1) is 14.3. The van der Waals surface area contributed by atoms with Gasteiger partial charge in [-0.25, -0.2) is 16.8 Å². The number of morpholine rings is 1. The minimum Gasteiger partial charge on any atom is -0.421 e. The molecule has 0 N–H and O–H groups in total. The van der Waals surface area contributed by atoms with Crippen molar-refractivity contribution in [2.75, 3.05) is 61.2 Å². The molecule has 0 spiro atoms. The number of rotatable bonds is 9. The molecule has 1 aliphatic heterocycles. The number of hydrogen-bond donors (Lipinski definition) is 0. The summed E-state index contributed by atoms with van der Waals surface area (Å²) in [6, 6.07) is 0.880. The summed E-state index contributed by atoms with van der Waals surface area (Å²) in [4.78, 5) is 0. The van der Waals surface area contributed by atoms with Gasteiger partial charge < -0.3 is 26.6 Å². The summed E-state index contributed by atoms with van der Waals surface area (Å²) < 4.78 is 132. The van der Waals surface area contributed by atoms with Crippen molar-refractivity contribution in [3.05, 3.63) is 4.13 Å². The van der Waals surface area contributed by atoms with Crippen LogP contribution in [-0.2, 0) is 38.1 Å². The normalized spacial score (nSPS) is 18.1. The van der Waals surface area contributed by atoms with Gasteiger partial charge in [-0.05, 0) is 0 Å². The molecule has 0 unspecified atom stereocenters. The van der Waals surface area contributed by atoms with Crippen LogP contribution < -0.4 is 0 Å². The van der Waals surface area contributed by atoms with Crippen molar-refractivity contribution in [3.8, 4) is 0 Å². The van der Waals surface area contributed by atoms with Crippen LogP contribution in [0.25, 0.3) is 4.13 Å². The maximum absolute atomic E-state index is 11.4. The van der Waals surface area contributed by atoms with Gasteiger partial charge in [0.25, 0.3) is 0 Å². The zero-order valence-corrected chi connectivity index (χ0v) is 20.3. The zero-order chi connectivity index (χ0) is 25.5. The van der Waals surface area contributed by atoms with E-state index in [2.05, 4.69) is 7.05 Å². The lowest BCUT2D eigenvalue weighted by atomic mass is 10.3. The summed E-state index contributed by atoms with van der Waals surface area (Å²) in [6.07, 6.45) is 1.07. The van der Waals surface area contributed by atoms with Crippen LogP contribution in [0.4, 0.5) is 26.3 Å². The van der Waals surface area contributed by atoms with Crippen molar-refractivity contribution in [1.82, 2.24) is 0 Å². The van der Waals surface area contributed by atoms with E-state index in [1.165, 1.54) is 0 Å². The van der Waals surface area contributed by atoms with Gasteiger partial charge in [-0.3, -0.25) is 0 Å². The molecule has 32 heavy (non-hydrogen) atoms. The fraction of sp³-hybridized carbons (Fsp3) is 1.00. The molecule has 1 aliphatic rings. The van der Waals surface area contributed by atoms with Gasteiger partial charge in [0, 0.05) is 33.8 Å². The highest BCUT2D eigenvalue weighted by Gasteiger charge is 2.47. The van der Waals surface area contributed by atoms with E-state index in [9.17, 15) is 43.2 Å². The van der Waals surface area contributed by atoms with E-state index in [-0.39, 0.29) is 0 Å².